The van der Waals surface area contributed by atoms with Crippen LogP contribution in [-0.4, -0.2) is 60.2 Å². The Kier molecular flexibility index (Phi) is 6.59. The van der Waals surface area contributed by atoms with Crippen molar-refractivity contribution in [1.82, 2.24) is 15.1 Å². The number of rotatable bonds is 5. The largest absolute Gasteiger partial charge is 0.343 e. The Morgan fingerprint density at radius 1 is 0.931 bits per heavy atom. The molecule has 7 heteroatoms. The van der Waals surface area contributed by atoms with E-state index in [4.69, 9.17) is 0 Å². The van der Waals surface area contributed by atoms with E-state index in [-0.39, 0.29) is 36.5 Å². The zero-order valence-electron chi connectivity index (χ0n) is 16.4. The molecular formula is C22H24FN3O3. The number of amides is 3. The SMILES string of the molecule is Cc1cccc(C(=O)NCC(=O)N2CCN(C(=O)Cc3ccc(F)cc3)CC2)c1. The molecule has 1 aliphatic rings. The van der Waals surface area contributed by atoms with Gasteiger partial charge in [0, 0.05) is 31.7 Å². The van der Waals surface area contributed by atoms with Gasteiger partial charge in [-0.3, -0.25) is 14.4 Å². The van der Waals surface area contributed by atoms with E-state index in [9.17, 15) is 18.8 Å². The number of aryl methyl sites for hydroxylation is 1. The van der Waals surface area contributed by atoms with Crippen molar-refractivity contribution in [3.05, 3.63) is 71.0 Å². The molecule has 1 heterocycles. The van der Waals surface area contributed by atoms with Gasteiger partial charge in [-0.1, -0.05) is 29.8 Å². The average Bonchev–Trinajstić information content (AvgIpc) is 2.73. The molecule has 29 heavy (non-hydrogen) atoms. The van der Waals surface area contributed by atoms with Crippen molar-refractivity contribution in [1.29, 1.82) is 0 Å². The first-order chi connectivity index (χ1) is 13.9. The molecule has 3 rings (SSSR count). The summed E-state index contributed by atoms with van der Waals surface area (Å²) in [6, 6.07) is 13.1. The van der Waals surface area contributed by atoms with E-state index in [0.29, 0.717) is 31.7 Å². The van der Waals surface area contributed by atoms with Crippen molar-refractivity contribution in [3.63, 3.8) is 0 Å². The molecule has 2 aromatic carbocycles. The number of piperazine rings is 1. The standard InChI is InChI=1S/C22H24FN3O3/c1-16-3-2-4-18(13-16)22(29)24-15-21(28)26-11-9-25(10-12-26)20(27)14-17-5-7-19(23)8-6-17/h2-8,13H,9-12,14-15H2,1H3,(H,24,29). The lowest BCUT2D eigenvalue weighted by Gasteiger charge is -2.35. The number of nitrogens with zero attached hydrogens (tertiary/aromatic N) is 2. The molecule has 1 fully saturated rings. The Hall–Kier alpha value is -3.22. The fraction of sp³-hybridized carbons (Fsp3) is 0.318. The van der Waals surface area contributed by atoms with Gasteiger partial charge in [0.25, 0.3) is 5.91 Å². The van der Waals surface area contributed by atoms with Crippen LogP contribution in [0.1, 0.15) is 21.5 Å². The van der Waals surface area contributed by atoms with Gasteiger partial charge in [-0.2, -0.15) is 0 Å². The number of nitrogens with one attached hydrogen (secondary N) is 1. The maximum atomic E-state index is 13.0. The van der Waals surface area contributed by atoms with Gasteiger partial charge in [-0.25, -0.2) is 4.39 Å². The molecule has 0 aliphatic carbocycles. The molecule has 0 atom stereocenters. The zero-order valence-corrected chi connectivity index (χ0v) is 16.4. The number of carbonyl (C=O) groups is 3. The van der Waals surface area contributed by atoms with E-state index in [1.165, 1.54) is 12.1 Å². The summed E-state index contributed by atoms with van der Waals surface area (Å²) in [7, 11) is 0. The lowest BCUT2D eigenvalue weighted by atomic mass is 10.1. The highest BCUT2D eigenvalue weighted by Gasteiger charge is 2.24. The van der Waals surface area contributed by atoms with Crippen molar-refractivity contribution in [2.75, 3.05) is 32.7 Å². The minimum atomic E-state index is -0.331. The summed E-state index contributed by atoms with van der Waals surface area (Å²) in [4.78, 5) is 40.3. The molecule has 152 valence electrons. The molecule has 6 nitrogen and oxygen atoms in total. The predicted molar refractivity (Wildman–Crippen MR) is 107 cm³/mol. The second-order valence-electron chi connectivity index (χ2n) is 7.12. The molecule has 0 unspecified atom stereocenters. The Morgan fingerprint density at radius 2 is 1.55 bits per heavy atom. The van der Waals surface area contributed by atoms with Crippen molar-refractivity contribution in [3.8, 4) is 0 Å². The molecule has 0 bridgehead atoms. The van der Waals surface area contributed by atoms with Crippen LogP contribution in [0.5, 0.6) is 0 Å². The smallest absolute Gasteiger partial charge is 0.251 e. The molecule has 1 aliphatic heterocycles. The van der Waals surface area contributed by atoms with Crippen LogP contribution in [0.3, 0.4) is 0 Å². The fourth-order valence-electron chi connectivity index (χ4n) is 3.25. The van der Waals surface area contributed by atoms with Gasteiger partial charge in [0.2, 0.25) is 11.8 Å². The van der Waals surface area contributed by atoms with Crippen molar-refractivity contribution in [2.45, 2.75) is 13.3 Å². The Labute approximate surface area is 169 Å². The first kappa shape index (κ1) is 20.5. The molecule has 1 N–H and O–H groups in total. The third-order valence-electron chi connectivity index (χ3n) is 4.93. The number of benzene rings is 2. The van der Waals surface area contributed by atoms with E-state index in [1.54, 1.807) is 40.1 Å². The Morgan fingerprint density at radius 3 is 2.17 bits per heavy atom. The second kappa shape index (κ2) is 9.32. The van der Waals surface area contributed by atoms with Crippen LogP contribution < -0.4 is 5.32 Å². The molecule has 2 aromatic rings. The van der Waals surface area contributed by atoms with E-state index >= 15 is 0 Å². The van der Waals surface area contributed by atoms with E-state index in [0.717, 1.165) is 11.1 Å². The summed E-state index contributed by atoms with van der Waals surface area (Å²) in [5.74, 6) is -0.828. The monoisotopic (exact) mass is 397 g/mol. The lowest BCUT2D eigenvalue weighted by molar-refractivity contribution is -0.138. The molecule has 0 spiro atoms. The van der Waals surface area contributed by atoms with E-state index in [1.807, 2.05) is 13.0 Å². The first-order valence-electron chi connectivity index (χ1n) is 9.57. The van der Waals surface area contributed by atoms with Crippen LogP contribution >= 0.6 is 0 Å². The maximum absolute atomic E-state index is 13.0. The Balaban J connectivity index is 1.43. The molecule has 3 amide bonds. The average molecular weight is 397 g/mol. The van der Waals surface area contributed by atoms with Gasteiger partial charge in [0.15, 0.2) is 0 Å². The summed E-state index contributed by atoms with van der Waals surface area (Å²) in [5, 5.41) is 2.65. The van der Waals surface area contributed by atoms with Crippen molar-refractivity contribution < 1.29 is 18.8 Å². The highest BCUT2D eigenvalue weighted by molar-refractivity contribution is 5.96. The van der Waals surface area contributed by atoms with Gasteiger partial charge in [-0.05, 0) is 36.8 Å². The minimum Gasteiger partial charge on any atom is -0.343 e. The number of hydrogen-bond donors (Lipinski definition) is 1. The fourth-order valence-corrected chi connectivity index (χ4v) is 3.25. The van der Waals surface area contributed by atoms with E-state index < -0.39 is 0 Å². The van der Waals surface area contributed by atoms with Crippen LogP contribution in [0.4, 0.5) is 4.39 Å². The van der Waals surface area contributed by atoms with Gasteiger partial charge in [0.05, 0.1) is 13.0 Å². The van der Waals surface area contributed by atoms with Crippen molar-refractivity contribution in [2.24, 2.45) is 0 Å². The Bertz CT molecular complexity index is 890. The second-order valence-corrected chi connectivity index (χ2v) is 7.12. The van der Waals surface area contributed by atoms with E-state index in [2.05, 4.69) is 5.32 Å². The number of halogens is 1. The summed E-state index contributed by atoms with van der Waals surface area (Å²) in [6.07, 6.45) is 0.209. The normalized spacial score (nSPS) is 13.9. The summed E-state index contributed by atoms with van der Waals surface area (Å²) in [6.45, 7) is 3.56. The predicted octanol–water partition coefficient (Wildman–Crippen LogP) is 1.78. The highest BCUT2D eigenvalue weighted by atomic mass is 19.1. The van der Waals surface area contributed by atoms with Crippen LogP contribution in [0.15, 0.2) is 48.5 Å². The third kappa shape index (κ3) is 5.63. The molecule has 0 aromatic heterocycles. The van der Waals surface area contributed by atoms with Crippen LogP contribution in [0.2, 0.25) is 0 Å². The van der Waals surface area contributed by atoms with Crippen LogP contribution in [0, 0.1) is 12.7 Å². The highest BCUT2D eigenvalue weighted by Crippen LogP contribution is 2.09. The summed E-state index contributed by atoms with van der Waals surface area (Å²) in [5.41, 5.74) is 2.26. The lowest BCUT2D eigenvalue weighted by Crippen LogP contribution is -2.52. The van der Waals surface area contributed by atoms with Crippen molar-refractivity contribution >= 4 is 17.7 Å². The van der Waals surface area contributed by atoms with Crippen LogP contribution in [0.25, 0.3) is 0 Å². The quantitative estimate of drug-likeness (QED) is 0.836. The molecular weight excluding hydrogens is 373 g/mol. The first-order valence-corrected chi connectivity index (χ1v) is 9.57. The maximum Gasteiger partial charge on any atom is 0.251 e. The molecule has 0 saturated carbocycles. The molecule has 0 radical (unpaired) electrons. The number of carbonyl (C=O) groups excluding carboxylic acids is 3. The number of hydrogen-bond acceptors (Lipinski definition) is 3. The van der Waals surface area contributed by atoms with Gasteiger partial charge >= 0.3 is 0 Å². The van der Waals surface area contributed by atoms with Gasteiger partial charge in [-0.15, -0.1) is 0 Å². The topological polar surface area (TPSA) is 69.7 Å². The zero-order chi connectivity index (χ0) is 20.8. The summed E-state index contributed by atoms with van der Waals surface area (Å²) >= 11 is 0. The van der Waals surface area contributed by atoms with Gasteiger partial charge in [0.1, 0.15) is 5.82 Å². The summed E-state index contributed by atoms with van der Waals surface area (Å²) < 4.78 is 13.0. The van der Waals surface area contributed by atoms with Gasteiger partial charge < -0.3 is 15.1 Å². The van der Waals surface area contributed by atoms with Crippen LogP contribution in [-0.2, 0) is 16.0 Å². The third-order valence-corrected chi connectivity index (χ3v) is 4.93. The minimum absolute atomic E-state index is 0.0449. The molecule has 1 saturated heterocycles.